The highest BCUT2D eigenvalue weighted by molar-refractivity contribution is 7.98. The molecule has 0 fully saturated rings. The molecule has 0 N–H and O–H groups in total. The molecule has 3 aromatic heterocycles. The fourth-order valence-corrected chi connectivity index (χ4v) is 3.62. The molecular formula is C18H14ClN3O2S. The van der Waals surface area contributed by atoms with Gasteiger partial charge in [-0.1, -0.05) is 41.6 Å². The molecule has 5 nitrogen and oxygen atoms in total. The molecule has 0 unspecified atom stereocenters. The number of pyridine rings is 1. The van der Waals surface area contributed by atoms with E-state index < -0.39 is 0 Å². The van der Waals surface area contributed by atoms with Crippen LogP contribution in [0.1, 0.15) is 17.0 Å². The summed E-state index contributed by atoms with van der Waals surface area (Å²) in [7, 11) is 0. The molecular weight excluding hydrogens is 358 g/mol. The number of halogens is 1. The summed E-state index contributed by atoms with van der Waals surface area (Å²) in [4.78, 5) is 4.66. The van der Waals surface area contributed by atoms with Gasteiger partial charge in [0.2, 0.25) is 0 Å². The van der Waals surface area contributed by atoms with Crippen molar-refractivity contribution in [2.75, 3.05) is 0 Å². The minimum atomic E-state index is 0.447. The summed E-state index contributed by atoms with van der Waals surface area (Å²) in [5.41, 5.74) is 3.57. The Hall–Kier alpha value is -2.31. The fraction of sp³-hybridized carbons (Fsp3) is 0.167. The Morgan fingerprint density at radius 3 is 2.76 bits per heavy atom. The minimum absolute atomic E-state index is 0.447. The smallest absolute Gasteiger partial charge is 0.277 e. The first kappa shape index (κ1) is 16.2. The number of para-hydroxylation sites is 1. The average molecular weight is 372 g/mol. The zero-order chi connectivity index (χ0) is 17.4. The molecule has 4 rings (SSSR count). The van der Waals surface area contributed by atoms with Gasteiger partial charge in [0.25, 0.3) is 11.1 Å². The fourth-order valence-electron chi connectivity index (χ4n) is 2.63. The zero-order valence-corrected chi connectivity index (χ0v) is 15.2. The van der Waals surface area contributed by atoms with Gasteiger partial charge >= 0.3 is 0 Å². The van der Waals surface area contributed by atoms with Crippen molar-refractivity contribution < 1.29 is 8.83 Å². The van der Waals surface area contributed by atoms with Crippen LogP contribution >= 0.6 is 23.4 Å². The molecule has 7 heteroatoms. The van der Waals surface area contributed by atoms with E-state index in [-0.39, 0.29) is 0 Å². The van der Waals surface area contributed by atoms with Gasteiger partial charge in [-0.3, -0.25) is 4.98 Å². The van der Waals surface area contributed by atoms with Gasteiger partial charge in [0.15, 0.2) is 0 Å². The first-order valence-corrected chi connectivity index (χ1v) is 9.04. The van der Waals surface area contributed by atoms with Crippen molar-refractivity contribution in [3.05, 3.63) is 58.6 Å². The van der Waals surface area contributed by atoms with Crippen LogP contribution in [0.2, 0.25) is 5.02 Å². The van der Waals surface area contributed by atoms with Crippen molar-refractivity contribution >= 4 is 34.3 Å². The number of aryl methyl sites for hydroxylation is 2. The number of hydrogen-bond donors (Lipinski definition) is 0. The first-order chi connectivity index (χ1) is 12.1. The normalized spacial score (nSPS) is 11.3. The lowest BCUT2D eigenvalue weighted by molar-refractivity contribution is 0.463. The Labute approximate surface area is 153 Å². The van der Waals surface area contributed by atoms with Gasteiger partial charge < -0.3 is 8.83 Å². The van der Waals surface area contributed by atoms with Crippen molar-refractivity contribution in [3.8, 4) is 11.5 Å². The Bertz CT molecular complexity index is 1060. The van der Waals surface area contributed by atoms with Crippen LogP contribution in [-0.4, -0.2) is 15.2 Å². The third-order valence-electron chi connectivity index (χ3n) is 3.97. The summed E-state index contributed by atoms with van der Waals surface area (Å²) < 4.78 is 11.0. The van der Waals surface area contributed by atoms with Crippen molar-refractivity contribution in [1.82, 2.24) is 15.2 Å². The highest BCUT2D eigenvalue weighted by atomic mass is 35.5. The Morgan fingerprint density at radius 2 is 1.96 bits per heavy atom. The van der Waals surface area contributed by atoms with E-state index in [0.717, 1.165) is 33.5 Å². The summed E-state index contributed by atoms with van der Waals surface area (Å²) in [6.07, 6.45) is 1.60. The lowest BCUT2D eigenvalue weighted by atomic mass is 10.1. The molecule has 0 aliphatic rings. The lowest BCUT2D eigenvalue weighted by Crippen LogP contribution is -1.94. The maximum Gasteiger partial charge on any atom is 0.277 e. The van der Waals surface area contributed by atoms with Crippen LogP contribution in [0.15, 0.2) is 50.7 Å². The van der Waals surface area contributed by atoms with Gasteiger partial charge in [0.1, 0.15) is 5.76 Å². The third-order valence-corrected chi connectivity index (χ3v) is 5.31. The van der Waals surface area contributed by atoms with E-state index in [4.69, 9.17) is 20.4 Å². The standard InChI is InChI=1S/C18H14ClN3O2S/c1-10-12-5-3-4-6-14(12)20-15(16(10)19)9-25-18-22-21-17(24-18)13-7-8-23-11(13)2/h3-8H,9H2,1-2H3. The molecule has 0 saturated carbocycles. The monoisotopic (exact) mass is 371 g/mol. The van der Waals surface area contributed by atoms with Gasteiger partial charge in [0.05, 0.1) is 28.1 Å². The number of aromatic nitrogens is 3. The number of nitrogens with zero attached hydrogens (tertiary/aromatic N) is 3. The molecule has 4 aromatic rings. The summed E-state index contributed by atoms with van der Waals surface area (Å²) in [6.45, 7) is 3.86. The van der Waals surface area contributed by atoms with E-state index in [1.165, 1.54) is 11.8 Å². The molecule has 0 saturated heterocycles. The lowest BCUT2D eigenvalue weighted by Gasteiger charge is -2.08. The second-order valence-corrected chi connectivity index (χ2v) is 6.87. The van der Waals surface area contributed by atoms with Crippen LogP contribution in [0.5, 0.6) is 0 Å². The highest BCUT2D eigenvalue weighted by Crippen LogP contribution is 2.32. The predicted molar refractivity (Wildman–Crippen MR) is 97.8 cm³/mol. The first-order valence-electron chi connectivity index (χ1n) is 7.68. The Balaban J connectivity index is 1.58. The quantitative estimate of drug-likeness (QED) is 0.445. The van der Waals surface area contributed by atoms with Crippen LogP contribution < -0.4 is 0 Å². The molecule has 0 spiro atoms. The van der Waals surface area contributed by atoms with Gasteiger partial charge in [0, 0.05) is 11.1 Å². The Kier molecular flexibility index (Phi) is 4.23. The molecule has 0 bridgehead atoms. The number of furan rings is 1. The van der Waals surface area contributed by atoms with E-state index in [0.29, 0.717) is 21.9 Å². The topological polar surface area (TPSA) is 65.0 Å². The maximum atomic E-state index is 6.49. The Morgan fingerprint density at radius 1 is 1.12 bits per heavy atom. The third kappa shape index (κ3) is 3.03. The van der Waals surface area contributed by atoms with Gasteiger partial charge in [-0.05, 0) is 31.5 Å². The molecule has 0 atom stereocenters. The molecule has 0 aliphatic heterocycles. The predicted octanol–water partition coefficient (Wildman–Crippen LogP) is 5.44. The zero-order valence-electron chi connectivity index (χ0n) is 13.6. The highest BCUT2D eigenvalue weighted by Gasteiger charge is 2.15. The number of fused-ring (bicyclic) bond motifs is 1. The van der Waals surface area contributed by atoms with Crippen LogP contribution in [-0.2, 0) is 5.75 Å². The molecule has 0 aliphatic carbocycles. The van der Waals surface area contributed by atoms with Crippen molar-refractivity contribution in [2.45, 2.75) is 24.8 Å². The van der Waals surface area contributed by atoms with E-state index in [1.54, 1.807) is 6.26 Å². The van der Waals surface area contributed by atoms with E-state index in [9.17, 15) is 0 Å². The van der Waals surface area contributed by atoms with E-state index in [1.807, 2.05) is 44.2 Å². The molecule has 25 heavy (non-hydrogen) atoms. The van der Waals surface area contributed by atoms with Crippen LogP contribution in [0, 0.1) is 13.8 Å². The number of hydrogen-bond acceptors (Lipinski definition) is 6. The van der Waals surface area contributed by atoms with Crippen molar-refractivity contribution in [1.29, 1.82) is 0 Å². The van der Waals surface area contributed by atoms with Gasteiger partial charge in [-0.2, -0.15) is 0 Å². The average Bonchev–Trinajstić information content (AvgIpc) is 3.25. The number of benzene rings is 1. The second-order valence-electron chi connectivity index (χ2n) is 5.57. The summed E-state index contributed by atoms with van der Waals surface area (Å²) in [5.74, 6) is 1.74. The van der Waals surface area contributed by atoms with Crippen molar-refractivity contribution in [2.24, 2.45) is 0 Å². The van der Waals surface area contributed by atoms with Crippen LogP contribution in [0.4, 0.5) is 0 Å². The number of thioether (sulfide) groups is 1. The molecule has 0 amide bonds. The maximum absolute atomic E-state index is 6.49. The molecule has 126 valence electrons. The van der Waals surface area contributed by atoms with E-state index >= 15 is 0 Å². The SMILES string of the molecule is Cc1occc1-c1nnc(SCc2nc3ccccc3c(C)c2Cl)o1. The van der Waals surface area contributed by atoms with Crippen molar-refractivity contribution in [3.63, 3.8) is 0 Å². The second kappa shape index (κ2) is 6.54. The van der Waals surface area contributed by atoms with Crippen LogP contribution in [0.25, 0.3) is 22.4 Å². The minimum Gasteiger partial charge on any atom is -0.469 e. The largest absolute Gasteiger partial charge is 0.469 e. The molecule has 3 heterocycles. The number of rotatable bonds is 4. The molecule has 0 radical (unpaired) electrons. The van der Waals surface area contributed by atoms with Gasteiger partial charge in [-0.15, -0.1) is 10.2 Å². The summed E-state index contributed by atoms with van der Waals surface area (Å²) in [5, 5.41) is 10.4. The summed E-state index contributed by atoms with van der Waals surface area (Å²) in [6, 6.07) is 9.77. The van der Waals surface area contributed by atoms with E-state index in [2.05, 4.69) is 15.2 Å². The summed E-state index contributed by atoms with van der Waals surface area (Å²) >= 11 is 7.90. The van der Waals surface area contributed by atoms with Gasteiger partial charge in [-0.25, -0.2) is 0 Å². The molecule has 1 aromatic carbocycles. The van der Waals surface area contributed by atoms with Crippen LogP contribution in [0.3, 0.4) is 0 Å².